The second-order valence-electron chi connectivity index (χ2n) is 6.83. The smallest absolute Gasteiger partial charge is 0.410 e. The Bertz CT molecular complexity index is 498. The minimum atomic E-state index is -0.415. The first kappa shape index (κ1) is 16.5. The summed E-state index contributed by atoms with van der Waals surface area (Å²) in [6.45, 7) is 7.30. The van der Waals surface area contributed by atoms with Gasteiger partial charge >= 0.3 is 6.09 Å². The first-order valence-electron chi connectivity index (χ1n) is 7.98. The predicted octanol–water partition coefficient (Wildman–Crippen LogP) is 4.13. The molecule has 0 aromatic carbocycles. The molecule has 1 aliphatic rings. The average molecular weight is 302 g/mol. The van der Waals surface area contributed by atoms with Gasteiger partial charge in [-0.25, -0.2) is 4.79 Å². The minimum absolute atomic E-state index is 0.182. The first-order valence-corrected chi connectivity index (χ1v) is 7.98. The topological polar surface area (TPSA) is 42.4 Å². The number of aromatic nitrogens is 1. The van der Waals surface area contributed by atoms with Crippen LogP contribution in [0.1, 0.15) is 45.6 Å². The van der Waals surface area contributed by atoms with Crippen LogP contribution in [0.3, 0.4) is 0 Å². The van der Waals surface area contributed by atoms with Crippen molar-refractivity contribution < 1.29 is 9.53 Å². The molecule has 0 spiro atoms. The van der Waals surface area contributed by atoms with E-state index in [2.05, 4.69) is 17.1 Å². The number of nitrogens with zero attached hydrogens (tertiary/aromatic N) is 2. The fraction of sp³-hybridized carbons (Fsp3) is 0.556. The first-order chi connectivity index (χ1) is 10.4. The second-order valence-corrected chi connectivity index (χ2v) is 6.83. The largest absolute Gasteiger partial charge is 0.444 e. The zero-order chi connectivity index (χ0) is 16.0. The molecule has 1 aromatic heterocycles. The van der Waals surface area contributed by atoms with Crippen LogP contribution in [0, 0.1) is 5.92 Å². The summed E-state index contributed by atoms with van der Waals surface area (Å²) < 4.78 is 5.42. The van der Waals surface area contributed by atoms with Crippen molar-refractivity contribution >= 4 is 12.2 Å². The number of piperidine rings is 1. The van der Waals surface area contributed by atoms with E-state index in [9.17, 15) is 4.79 Å². The van der Waals surface area contributed by atoms with E-state index in [0.29, 0.717) is 5.92 Å². The Hall–Kier alpha value is -1.84. The number of pyridine rings is 1. The monoisotopic (exact) mass is 302 g/mol. The van der Waals surface area contributed by atoms with Crippen LogP contribution in [0.5, 0.6) is 0 Å². The molecule has 1 amide bonds. The minimum Gasteiger partial charge on any atom is -0.444 e. The lowest BCUT2D eigenvalue weighted by Gasteiger charge is -2.33. The van der Waals surface area contributed by atoms with Gasteiger partial charge in [0.25, 0.3) is 0 Å². The highest BCUT2D eigenvalue weighted by molar-refractivity contribution is 5.68. The summed E-state index contributed by atoms with van der Waals surface area (Å²) >= 11 is 0. The Kier molecular flexibility index (Phi) is 5.58. The Balaban J connectivity index is 1.73. The van der Waals surface area contributed by atoms with Crippen LogP contribution in [-0.2, 0) is 4.74 Å². The van der Waals surface area contributed by atoms with Gasteiger partial charge in [-0.15, -0.1) is 0 Å². The van der Waals surface area contributed by atoms with E-state index >= 15 is 0 Å². The van der Waals surface area contributed by atoms with E-state index in [1.165, 1.54) is 5.56 Å². The van der Waals surface area contributed by atoms with Crippen LogP contribution in [0.4, 0.5) is 4.79 Å². The van der Waals surface area contributed by atoms with Crippen LogP contribution in [0.2, 0.25) is 0 Å². The molecule has 4 heteroatoms. The number of ether oxygens (including phenoxy) is 1. The van der Waals surface area contributed by atoms with Crippen LogP contribution in [0.15, 0.2) is 30.6 Å². The van der Waals surface area contributed by atoms with Crippen molar-refractivity contribution in [1.29, 1.82) is 0 Å². The summed E-state index contributed by atoms with van der Waals surface area (Å²) in [6.07, 6.45) is 10.9. The maximum absolute atomic E-state index is 12.0. The average Bonchev–Trinajstić information content (AvgIpc) is 2.47. The number of hydrogen-bond donors (Lipinski definition) is 0. The van der Waals surface area contributed by atoms with Gasteiger partial charge in [-0.3, -0.25) is 4.98 Å². The zero-order valence-corrected chi connectivity index (χ0v) is 13.8. The SMILES string of the molecule is CC(C)(C)OC(=O)N1CCC(C/C=C/c2ccncc2)CC1. The summed E-state index contributed by atoms with van der Waals surface area (Å²) in [7, 11) is 0. The third kappa shape index (κ3) is 5.51. The molecule has 22 heavy (non-hydrogen) atoms. The molecule has 120 valence electrons. The highest BCUT2D eigenvalue weighted by atomic mass is 16.6. The summed E-state index contributed by atoms with van der Waals surface area (Å²) in [5.41, 5.74) is 0.766. The van der Waals surface area contributed by atoms with Crippen LogP contribution < -0.4 is 0 Å². The third-order valence-corrected chi connectivity index (χ3v) is 3.75. The molecule has 1 saturated heterocycles. The highest BCUT2D eigenvalue weighted by Crippen LogP contribution is 2.23. The molecule has 1 aliphatic heterocycles. The lowest BCUT2D eigenvalue weighted by atomic mass is 9.93. The van der Waals surface area contributed by atoms with Crippen molar-refractivity contribution in [2.45, 2.75) is 45.6 Å². The van der Waals surface area contributed by atoms with Gasteiger partial charge in [0.1, 0.15) is 5.60 Å². The van der Waals surface area contributed by atoms with Crippen molar-refractivity contribution in [3.8, 4) is 0 Å². The van der Waals surface area contributed by atoms with E-state index in [-0.39, 0.29) is 6.09 Å². The van der Waals surface area contributed by atoms with Gasteiger partial charge in [-0.1, -0.05) is 12.2 Å². The van der Waals surface area contributed by atoms with E-state index < -0.39 is 5.60 Å². The van der Waals surface area contributed by atoms with Crippen molar-refractivity contribution in [2.24, 2.45) is 5.92 Å². The summed E-state index contributed by atoms with van der Waals surface area (Å²) in [5, 5.41) is 0. The van der Waals surface area contributed by atoms with Crippen molar-refractivity contribution in [3.05, 3.63) is 36.2 Å². The van der Waals surface area contributed by atoms with Gasteiger partial charge in [0.05, 0.1) is 0 Å². The molecule has 0 bridgehead atoms. The molecule has 0 radical (unpaired) electrons. The van der Waals surface area contributed by atoms with Crippen molar-refractivity contribution in [1.82, 2.24) is 9.88 Å². The Labute approximate surface area is 133 Å². The molecular weight excluding hydrogens is 276 g/mol. The Morgan fingerprint density at radius 3 is 2.55 bits per heavy atom. The van der Waals surface area contributed by atoms with E-state index in [1.807, 2.05) is 37.8 Å². The van der Waals surface area contributed by atoms with Gasteiger partial charge in [0.15, 0.2) is 0 Å². The number of hydrogen-bond acceptors (Lipinski definition) is 3. The normalized spacial score (nSPS) is 17.0. The molecule has 2 rings (SSSR count). The van der Waals surface area contributed by atoms with Gasteiger partial charge in [-0.05, 0) is 63.6 Å². The second kappa shape index (κ2) is 7.43. The van der Waals surface area contributed by atoms with Gasteiger partial charge < -0.3 is 9.64 Å². The van der Waals surface area contributed by atoms with Crippen LogP contribution in [-0.4, -0.2) is 34.7 Å². The fourth-order valence-electron chi connectivity index (χ4n) is 2.55. The lowest BCUT2D eigenvalue weighted by molar-refractivity contribution is 0.0185. The molecule has 0 atom stereocenters. The molecular formula is C18H26N2O2. The lowest BCUT2D eigenvalue weighted by Crippen LogP contribution is -2.41. The van der Waals surface area contributed by atoms with Crippen LogP contribution in [0.25, 0.3) is 6.08 Å². The quantitative estimate of drug-likeness (QED) is 0.843. The maximum atomic E-state index is 12.0. The third-order valence-electron chi connectivity index (χ3n) is 3.75. The van der Waals surface area contributed by atoms with E-state index in [0.717, 1.165) is 32.4 Å². The van der Waals surface area contributed by atoms with Gasteiger partial charge in [-0.2, -0.15) is 0 Å². The molecule has 1 fully saturated rings. The molecule has 0 unspecified atom stereocenters. The molecule has 4 nitrogen and oxygen atoms in total. The molecule has 0 N–H and O–H groups in total. The number of likely N-dealkylation sites (tertiary alicyclic amines) is 1. The van der Waals surface area contributed by atoms with E-state index in [1.54, 1.807) is 12.4 Å². The van der Waals surface area contributed by atoms with E-state index in [4.69, 9.17) is 4.74 Å². The number of carbonyl (C=O) groups is 1. The molecule has 1 aromatic rings. The van der Waals surface area contributed by atoms with Crippen molar-refractivity contribution in [3.63, 3.8) is 0 Å². The Morgan fingerprint density at radius 2 is 1.95 bits per heavy atom. The molecule has 0 aliphatic carbocycles. The summed E-state index contributed by atoms with van der Waals surface area (Å²) in [5.74, 6) is 0.650. The number of carbonyl (C=O) groups excluding carboxylic acids is 1. The number of amides is 1. The molecule has 2 heterocycles. The Morgan fingerprint density at radius 1 is 1.32 bits per heavy atom. The van der Waals surface area contributed by atoms with Gasteiger partial charge in [0, 0.05) is 25.5 Å². The van der Waals surface area contributed by atoms with Crippen LogP contribution >= 0.6 is 0 Å². The summed E-state index contributed by atoms with van der Waals surface area (Å²) in [4.78, 5) is 17.8. The highest BCUT2D eigenvalue weighted by Gasteiger charge is 2.26. The maximum Gasteiger partial charge on any atom is 0.410 e. The van der Waals surface area contributed by atoms with Gasteiger partial charge in [0.2, 0.25) is 0 Å². The fourth-order valence-corrected chi connectivity index (χ4v) is 2.55. The zero-order valence-electron chi connectivity index (χ0n) is 13.8. The summed E-state index contributed by atoms with van der Waals surface area (Å²) in [6, 6.07) is 4.00. The number of allylic oxidation sites excluding steroid dienone is 1. The number of rotatable bonds is 3. The standard InChI is InChI=1S/C18H26N2O2/c1-18(2,3)22-17(21)20-13-9-16(10-14-20)6-4-5-15-7-11-19-12-8-15/h4-5,7-8,11-12,16H,6,9-10,13-14H2,1-3H3/b5-4+. The predicted molar refractivity (Wildman–Crippen MR) is 88.4 cm³/mol. The van der Waals surface area contributed by atoms with Crippen molar-refractivity contribution in [2.75, 3.05) is 13.1 Å². The molecule has 0 saturated carbocycles.